The predicted molar refractivity (Wildman–Crippen MR) is 69.0 cm³/mol. The molecule has 1 aliphatic rings. The molecule has 0 bridgehead atoms. The largest absolute Gasteiger partial charge is 0.485 e. The number of rotatable bonds is 3. The van der Waals surface area contributed by atoms with E-state index in [0.29, 0.717) is 24.5 Å². The van der Waals surface area contributed by atoms with Gasteiger partial charge in [-0.05, 0) is 12.1 Å². The summed E-state index contributed by atoms with van der Waals surface area (Å²) in [5, 5.41) is 13.1. The number of hydrogen-bond acceptors (Lipinski definition) is 5. The van der Waals surface area contributed by atoms with E-state index in [4.69, 9.17) is 19.2 Å². The average molecular weight is 258 g/mol. The fourth-order valence-corrected chi connectivity index (χ4v) is 2.14. The Labute approximate surface area is 110 Å². The third-order valence-electron chi connectivity index (χ3n) is 3.07. The highest BCUT2D eigenvalue weighted by Gasteiger charge is 2.19. The highest BCUT2D eigenvalue weighted by molar-refractivity contribution is 5.86. The van der Waals surface area contributed by atoms with Gasteiger partial charge in [0.15, 0.2) is 5.75 Å². The van der Waals surface area contributed by atoms with Crippen LogP contribution in [0.5, 0.6) is 5.75 Å². The van der Waals surface area contributed by atoms with Gasteiger partial charge in [-0.25, -0.2) is 0 Å². The maximum Gasteiger partial charge on any atom is 0.246 e. The Morgan fingerprint density at radius 1 is 1.42 bits per heavy atom. The van der Waals surface area contributed by atoms with Gasteiger partial charge < -0.3 is 19.2 Å². The van der Waals surface area contributed by atoms with Gasteiger partial charge in [0.05, 0.1) is 12.0 Å². The number of para-hydroxylation sites is 1. The molecule has 0 amide bonds. The maximum atomic E-state index is 9.09. The molecule has 1 saturated heterocycles. The lowest BCUT2D eigenvalue weighted by Gasteiger charge is -2.23. The summed E-state index contributed by atoms with van der Waals surface area (Å²) in [6.45, 7) is 2.72. The molecule has 1 fully saturated rings. The topological polar surface area (TPSA) is 67.4 Å². The second kappa shape index (κ2) is 5.31. The van der Waals surface area contributed by atoms with Crippen LogP contribution in [0.3, 0.4) is 0 Å². The summed E-state index contributed by atoms with van der Waals surface area (Å²) in [7, 11) is 0. The normalized spacial score (nSPS) is 19.2. The van der Waals surface area contributed by atoms with Gasteiger partial charge in [0.25, 0.3) is 0 Å². The van der Waals surface area contributed by atoms with Crippen LogP contribution in [0.4, 0.5) is 0 Å². The molecule has 1 unspecified atom stereocenters. The van der Waals surface area contributed by atoms with Gasteiger partial charge >= 0.3 is 0 Å². The second-order valence-corrected chi connectivity index (χ2v) is 4.38. The molecule has 98 valence electrons. The number of nitrogens with one attached hydrogen (secondary N) is 1. The van der Waals surface area contributed by atoms with Crippen molar-refractivity contribution in [2.75, 3.05) is 26.3 Å². The van der Waals surface area contributed by atoms with E-state index in [1.165, 1.54) is 0 Å². The van der Waals surface area contributed by atoms with Gasteiger partial charge in [-0.1, -0.05) is 12.1 Å². The molecule has 1 aromatic heterocycles. The van der Waals surface area contributed by atoms with Gasteiger partial charge in [-0.2, -0.15) is 5.26 Å². The summed E-state index contributed by atoms with van der Waals surface area (Å²) in [6.07, 6.45) is 0.00829. The molecular weight excluding hydrogens is 244 g/mol. The molecule has 5 nitrogen and oxygen atoms in total. The van der Waals surface area contributed by atoms with E-state index in [1.807, 2.05) is 30.3 Å². The van der Waals surface area contributed by atoms with Crippen molar-refractivity contribution in [2.24, 2.45) is 0 Å². The SMILES string of the molecule is N#Cc1oc2ccccc2c1OCC1CNCCO1. The van der Waals surface area contributed by atoms with Crippen LogP contribution < -0.4 is 10.1 Å². The Balaban J connectivity index is 1.81. The average Bonchev–Trinajstić information content (AvgIpc) is 2.84. The molecule has 1 aliphatic heterocycles. The van der Waals surface area contributed by atoms with Crippen LogP contribution in [-0.2, 0) is 4.74 Å². The molecule has 2 aromatic rings. The van der Waals surface area contributed by atoms with Crippen molar-refractivity contribution in [3.63, 3.8) is 0 Å². The zero-order chi connectivity index (χ0) is 13.1. The summed E-state index contributed by atoms with van der Waals surface area (Å²) < 4.78 is 16.7. The Bertz CT molecular complexity index is 609. The van der Waals surface area contributed by atoms with Crippen LogP contribution in [-0.4, -0.2) is 32.4 Å². The minimum atomic E-state index is 0.00829. The van der Waals surface area contributed by atoms with Crippen LogP contribution in [0.1, 0.15) is 5.76 Å². The molecule has 1 N–H and O–H groups in total. The molecule has 0 radical (unpaired) electrons. The van der Waals surface area contributed by atoms with Gasteiger partial charge in [0.2, 0.25) is 5.76 Å². The highest BCUT2D eigenvalue weighted by atomic mass is 16.5. The van der Waals surface area contributed by atoms with Crippen LogP contribution in [0.15, 0.2) is 28.7 Å². The number of ether oxygens (including phenoxy) is 2. The van der Waals surface area contributed by atoms with E-state index in [1.54, 1.807) is 0 Å². The van der Waals surface area contributed by atoms with Gasteiger partial charge in [-0.3, -0.25) is 0 Å². The number of hydrogen-bond donors (Lipinski definition) is 1. The lowest BCUT2D eigenvalue weighted by Crippen LogP contribution is -2.41. The van der Waals surface area contributed by atoms with E-state index in [9.17, 15) is 0 Å². The first-order valence-corrected chi connectivity index (χ1v) is 6.25. The number of benzene rings is 1. The van der Waals surface area contributed by atoms with Crippen LogP contribution in [0, 0.1) is 11.3 Å². The van der Waals surface area contributed by atoms with E-state index in [-0.39, 0.29) is 11.9 Å². The van der Waals surface area contributed by atoms with Gasteiger partial charge in [-0.15, -0.1) is 0 Å². The Morgan fingerprint density at radius 3 is 3.11 bits per heavy atom. The van der Waals surface area contributed by atoms with Gasteiger partial charge in [0, 0.05) is 13.1 Å². The van der Waals surface area contributed by atoms with E-state index >= 15 is 0 Å². The fourth-order valence-electron chi connectivity index (χ4n) is 2.14. The lowest BCUT2D eigenvalue weighted by atomic mass is 10.2. The smallest absolute Gasteiger partial charge is 0.246 e. The molecule has 2 heterocycles. The van der Waals surface area contributed by atoms with Crippen LogP contribution in [0.2, 0.25) is 0 Å². The summed E-state index contributed by atoms with van der Waals surface area (Å²) in [5.74, 6) is 0.720. The zero-order valence-corrected chi connectivity index (χ0v) is 10.4. The van der Waals surface area contributed by atoms with Crippen LogP contribution in [0.25, 0.3) is 11.0 Å². The third kappa shape index (κ3) is 2.41. The molecule has 0 aliphatic carbocycles. The molecule has 0 saturated carbocycles. The van der Waals surface area contributed by atoms with Crippen molar-refractivity contribution in [3.8, 4) is 11.8 Å². The molecular formula is C14H14N2O3. The number of furan rings is 1. The summed E-state index contributed by atoms with van der Waals surface area (Å²) in [6, 6.07) is 9.49. The minimum absolute atomic E-state index is 0.00829. The monoisotopic (exact) mass is 258 g/mol. The maximum absolute atomic E-state index is 9.09. The van der Waals surface area contributed by atoms with E-state index in [2.05, 4.69) is 5.32 Å². The van der Waals surface area contributed by atoms with E-state index < -0.39 is 0 Å². The molecule has 0 spiro atoms. The van der Waals surface area contributed by atoms with Crippen molar-refractivity contribution in [1.29, 1.82) is 5.26 Å². The number of morpholine rings is 1. The number of nitriles is 1. The Kier molecular flexibility index (Phi) is 3.36. The van der Waals surface area contributed by atoms with Crippen molar-refractivity contribution >= 4 is 11.0 Å². The Hall–Kier alpha value is -2.03. The van der Waals surface area contributed by atoms with Crippen molar-refractivity contribution in [3.05, 3.63) is 30.0 Å². The number of fused-ring (bicyclic) bond motifs is 1. The summed E-state index contributed by atoms with van der Waals surface area (Å²) in [4.78, 5) is 0. The van der Waals surface area contributed by atoms with E-state index in [0.717, 1.165) is 18.5 Å². The molecule has 19 heavy (non-hydrogen) atoms. The minimum Gasteiger partial charge on any atom is -0.485 e. The van der Waals surface area contributed by atoms with Crippen molar-refractivity contribution < 1.29 is 13.9 Å². The second-order valence-electron chi connectivity index (χ2n) is 4.38. The lowest BCUT2D eigenvalue weighted by molar-refractivity contribution is 0.000281. The molecule has 5 heteroatoms. The number of nitrogens with zero attached hydrogens (tertiary/aromatic N) is 1. The first-order valence-electron chi connectivity index (χ1n) is 6.25. The van der Waals surface area contributed by atoms with Gasteiger partial charge in [0.1, 0.15) is 24.4 Å². The molecule has 1 aromatic carbocycles. The quantitative estimate of drug-likeness (QED) is 0.907. The van der Waals surface area contributed by atoms with Crippen LogP contribution >= 0.6 is 0 Å². The Morgan fingerprint density at radius 2 is 2.32 bits per heavy atom. The summed E-state index contributed by atoms with van der Waals surface area (Å²) in [5.41, 5.74) is 0.664. The predicted octanol–water partition coefficient (Wildman–Crippen LogP) is 1.67. The standard InChI is InChI=1S/C14H14N2O3/c15-7-13-14(11-3-1-2-4-12(11)19-13)18-9-10-8-16-5-6-17-10/h1-4,10,16H,5-6,8-9H2. The third-order valence-corrected chi connectivity index (χ3v) is 3.07. The zero-order valence-electron chi connectivity index (χ0n) is 10.4. The van der Waals surface area contributed by atoms with Crippen molar-refractivity contribution in [1.82, 2.24) is 5.32 Å². The first kappa shape index (κ1) is 12.0. The summed E-state index contributed by atoms with van der Waals surface area (Å²) >= 11 is 0. The van der Waals surface area contributed by atoms with Crippen molar-refractivity contribution in [2.45, 2.75) is 6.10 Å². The molecule has 3 rings (SSSR count). The fraction of sp³-hybridized carbons (Fsp3) is 0.357. The highest BCUT2D eigenvalue weighted by Crippen LogP contribution is 2.32. The molecule has 1 atom stereocenters. The first-order chi connectivity index (χ1) is 9.38.